The third-order valence-corrected chi connectivity index (χ3v) is 5.46. The molecule has 33 heavy (non-hydrogen) atoms. The van der Waals surface area contributed by atoms with E-state index in [0.29, 0.717) is 12.4 Å². The average Bonchev–Trinajstić information content (AvgIpc) is 2.86. The first-order valence-electron chi connectivity index (χ1n) is 12.0. The number of carbonyl (C=O) groups excluding carboxylic acids is 1. The minimum Gasteiger partial charge on any atom is -0.479 e. The molecule has 0 aliphatic rings. The lowest BCUT2D eigenvalue weighted by Crippen LogP contribution is -2.26. The Morgan fingerprint density at radius 3 is 2.12 bits per heavy atom. The molecule has 0 saturated heterocycles. The van der Waals surface area contributed by atoms with E-state index in [-0.39, 0.29) is 5.97 Å². The highest BCUT2D eigenvalue weighted by Crippen LogP contribution is 2.24. The van der Waals surface area contributed by atoms with E-state index in [4.69, 9.17) is 9.47 Å². The molecule has 5 heteroatoms. The summed E-state index contributed by atoms with van der Waals surface area (Å²) in [5.74, 6) is 0.983. The summed E-state index contributed by atoms with van der Waals surface area (Å²) < 4.78 is 10.8. The predicted octanol–water partition coefficient (Wildman–Crippen LogP) is 6.65. The third-order valence-electron chi connectivity index (χ3n) is 5.46. The van der Waals surface area contributed by atoms with Crippen LogP contribution in [0.1, 0.15) is 58.4 Å². The Kier molecular flexibility index (Phi) is 9.43. The van der Waals surface area contributed by atoms with Gasteiger partial charge in [0, 0.05) is 23.5 Å². The molecule has 0 saturated carbocycles. The third kappa shape index (κ3) is 7.41. The minimum absolute atomic E-state index is 0.352. The molecular weight excluding hydrogens is 412 g/mol. The van der Waals surface area contributed by atoms with Gasteiger partial charge in [0.15, 0.2) is 11.9 Å². The second-order valence-electron chi connectivity index (χ2n) is 8.25. The molecule has 3 rings (SSSR count). The number of aromatic nitrogens is 2. The molecule has 0 bridgehead atoms. The number of unbranched alkanes of at least 4 members (excludes halogenated alkanes) is 3. The van der Waals surface area contributed by atoms with Crippen LogP contribution in [0.4, 0.5) is 0 Å². The van der Waals surface area contributed by atoms with Gasteiger partial charge in [0.1, 0.15) is 5.75 Å². The molecule has 0 aliphatic carbocycles. The van der Waals surface area contributed by atoms with Gasteiger partial charge in [0.2, 0.25) is 0 Å². The maximum Gasteiger partial charge on any atom is 0.347 e. The SMILES string of the molecule is CCCCCCc1ccc(-c2ncc(-c3ccc(OC(C)C(=O)OCCC)cc3)cn2)cc1. The van der Waals surface area contributed by atoms with Gasteiger partial charge in [-0.05, 0) is 49.4 Å². The van der Waals surface area contributed by atoms with E-state index in [2.05, 4.69) is 41.2 Å². The van der Waals surface area contributed by atoms with Crippen molar-refractivity contribution in [1.82, 2.24) is 9.97 Å². The molecule has 1 atom stereocenters. The lowest BCUT2D eigenvalue weighted by molar-refractivity contribution is -0.151. The summed E-state index contributed by atoms with van der Waals surface area (Å²) in [5.41, 5.74) is 4.29. The van der Waals surface area contributed by atoms with E-state index >= 15 is 0 Å². The molecule has 1 unspecified atom stereocenters. The molecule has 3 aromatic rings. The van der Waals surface area contributed by atoms with Gasteiger partial charge in [-0.15, -0.1) is 0 Å². The quantitative estimate of drug-likeness (QED) is 0.230. The first kappa shape index (κ1) is 24.4. The lowest BCUT2D eigenvalue weighted by atomic mass is 10.0. The monoisotopic (exact) mass is 446 g/mol. The maximum atomic E-state index is 11.9. The molecule has 174 valence electrons. The molecule has 2 aromatic carbocycles. The molecule has 0 radical (unpaired) electrons. The maximum absolute atomic E-state index is 11.9. The Morgan fingerprint density at radius 1 is 0.818 bits per heavy atom. The van der Waals surface area contributed by atoms with Crippen LogP contribution in [0.3, 0.4) is 0 Å². The number of rotatable bonds is 12. The van der Waals surface area contributed by atoms with Crippen LogP contribution in [0.25, 0.3) is 22.5 Å². The van der Waals surface area contributed by atoms with E-state index in [9.17, 15) is 4.79 Å². The fraction of sp³-hybridized carbons (Fsp3) is 0.393. The topological polar surface area (TPSA) is 61.3 Å². The predicted molar refractivity (Wildman–Crippen MR) is 132 cm³/mol. The highest BCUT2D eigenvalue weighted by Gasteiger charge is 2.16. The number of benzene rings is 2. The molecule has 0 aliphatic heterocycles. The molecular formula is C28H34N2O3. The number of nitrogens with zero attached hydrogens (tertiary/aromatic N) is 2. The van der Waals surface area contributed by atoms with Crippen LogP contribution >= 0.6 is 0 Å². The van der Waals surface area contributed by atoms with E-state index in [1.54, 1.807) is 6.92 Å². The number of carbonyl (C=O) groups is 1. The van der Waals surface area contributed by atoms with Crippen LogP contribution in [0.5, 0.6) is 5.75 Å². The summed E-state index contributed by atoms with van der Waals surface area (Å²) in [5, 5.41) is 0. The Morgan fingerprint density at radius 2 is 1.48 bits per heavy atom. The van der Waals surface area contributed by atoms with Crippen LogP contribution in [0, 0.1) is 0 Å². The van der Waals surface area contributed by atoms with Crippen molar-refractivity contribution < 1.29 is 14.3 Å². The van der Waals surface area contributed by atoms with Crippen molar-refractivity contribution in [2.75, 3.05) is 6.61 Å². The number of ether oxygens (including phenoxy) is 2. The van der Waals surface area contributed by atoms with Crippen LogP contribution in [0.2, 0.25) is 0 Å². The Hall–Kier alpha value is -3.21. The van der Waals surface area contributed by atoms with Crippen molar-refractivity contribution in [1.29, 1.82) is 0 Å². The van der Waals surface area contributed by atoms with Gasteiger partial charge in [-0.2, -0.15) is 0 Å². The van der Waals surface area contributed by atoms with Crippen molar-refractivity contribution in [3.05, 3.63) is 66.5 Å². The summed E-state index contributed by atoms with van der Waals surface area (Å²) in [7, 11) is 0. The van der Waals surface area contributed by atoms with Crippen LogP contribution in [-0.2, 0) is 16.0 Å². The van der Waals surface area contributed by atoms with Crippen molar-refractivity contribution >= 4 is 5.97 Å². The lowest BCUT2D eigenvalue weighted by Gasteiger charge is -2.14. The first-order valence-corrected chi connectivity index (χ1v) is 12.0. The van der Waals surface area contributed by atoms with E-state index < -0.39 is 6.10 Å². The Labute approximate surface area is 197 Å². The van der Waals surface area contributed by atoms with Crippen molar-refractivity contribution in [2.45, 2.75) is 65.4 Å². The second kappa shape index (κ2) is 12.7. The van der Waals surface area contributed by atoms with Crippen molar-refractivity contribution in [3.63, 3.8) is 0 Å². The van der Waals surface area contributed by atoms with Gasteiger partial charge in [-0.1, -0.05) is 69.5 Å². The zero-order chi connectivity index (χ0) is 23.5. The largest absolute Gasteiger partial charge is 0.479 e. The highest BCUT2D eigenvalue weighted by atomic mass is 16.6. The van der Waals surface area contributed by atoms with E-state index in [1.165, 1.54) is 31.2 Å². The summed E-state index contributed by atoms with van der Waals surface area (Å²) >= 11 is 0. The minimum atomic E-state index is -0.646. The van der Waals surface area contributed by atoms with Gasteiger partial charge in [-0.3, -0.25) is 0 Å². The molecule has 1 heterocycles. The molecule has 0 fully saturated rings. The zero-order valence-corrected chi connectivity index (χ0v) is 19.9. The summed E-state index contributed by atoms with van der Waals surface area (Å²) in [4.78, 5) is 21.0. The highest BCUT2D eigenvalue weighted by molar-refractivity contribution is 5.74. The van der Waals surface area contributed by atoms with E-state index in [0.717, 1.165) is 35.4 Å². The molecule has 0 amide bonds. The van der Waals surface area contributed by atoms with Crippen LogP contribution in [0.15, 0.2) is 60.9 Å². The number of aryl methyl sites for hydroxylation is 1. The Bertz CT molecular complexity index is 983. The fourth-order valence-electron chi connectivity index (χ4n) is 3.50. The van der Waals surface area contributed by atoms with E-state index in [1.807, 2.05) is 43.6 Å². The normalized spacial score (nSPS) is 11.7. The zero-order valence-electron chi connectivity index (χ0n) is 19.9. The molecule has 1 aromatic heterocycles. The van der Waals surface area contributed by atoms with Crippen molar-refractivity contribution in [3.8, 4) is 28.3 Å². The number of hydrogen-bond donors (Lipinski definition) is 0. The van der Waals surface area contributed by atoms with Crippen LogP contribution < -0.4 is 4.74 Å². The van der Waals surface area contributed by atoms with Crippen molar-refractivity contribution in [2.24, 2.45) is 0 Å². The first-order chi connectivity index (χ1) is 16.1. The van der Waals surface area contributed by atoms with Gasteiger partial charge in [0.25, 0.3) is 0 Å². The smallest absolute Gasteiger partial charge is 0.347 e. The van der Waals surface area contributed by atoms with Gasteiger partial charge < -0.3 is 9.47 Å². The van der Waals surface area contributed by atoms with Crippen LogP contribution in [-0.4, -0.2) is 28.6 Å². The standard InChI is InChI=1S/C28H34N2O3/c1-4-6-7-8-9-22-10-12-24(13-11-22)27-29-19-25(20-30-27)23-14-16-26(17-15-23)33-21(3)28(31)32-18-5-2/h10-17,19-21H,4-9,18H2,1-3H3. The fourth-order valence-corrected chi connectivity index (χ4v) is 3.50. The number of hydrogen-bond acceptors (Lipinski definition) is 5. The summed E-state index contributed by atoms with van der Waals surface area (Å²) in [6, 6.07) is 16.1. The summed E-state index contributed by atoms with van der Waals surface area (Å²) in [6.07, 6.45) is 10.0. The van der Waals surface area contributed by atoms with Gasteiger partial charge in [0.05, 0.1) is 6.61 Å². The molecule has 5 nitrogen and oxygen atoms in total. The molecule has 0 N–H and O–H groups in total. The Balaban J connectivity index is 1.58. The second-order valence-corrected chi connectivity index (χ2v) is 8.25. The number of esters is 1. The van der Waals surface area contributed by atoms with Gasteiger partial charge >= 0.3 is 5.97 Å². The molecule has 0 spiro atoms. The average molecular weight is 447 g/mol. The van der Waals surface area contributed by atoms with Gasteiger partial charge in [-0.25, -0.2) is 14.8 Å². The summed E-state index contributed by atoms with van der Waals surface area (Å²) in [6.45, 7) is 6.29.